The van der Waals surface area contributed by atoms with E-state index in [2.05, 4.69) is 54.7 Å². The van der Waals surface area contributed by atoms with Crippen LogP contribution in [0.25, 0.3) is 0 Å². The lowest BCUT2D eigenvalue weighted by atomic mass is 10.1. The summed E-state index contributed by atoms with van der Waals surface area (Å²) in [7, 11) is 0. The van der Waals surface area contributed by atoms with Crippen molar-refractivity contribution in [1.82, 2.24) is 15.2 Å². The molecule has 3 nitrogen and oxygen atoms in total. The van der Waals surface area contributed by atoms with E-state index in [4.69, 9.17) is 0 Å². The number of nitrogens with zero attached hydrogens (tertiary/aromatic N) is 2. The van der Waals surface area contributed by atoms with E-state index in [9.17, 15) is 0 Å². The van der Waals surface area contributed by atoms with Gasteiger partial charge < -0.3 is 5.32 Å². The molecule has 0 aromatic carbocycles. The van der Waals surface area contributed by atoms with Gasteiger partial charge in [-0.25, -0.2) is 0 Å². The summed E-state index contributed by atoms with van der Waals surface area (Å²) >= 11 is 0. The van der Waals surface area contributed by atoms with Crippen LogP contribution in [0.4, 0.5) is 0 Å². The number of hydrogen-bond donors (Lipinski definition) is 1. The minimum Gasteiger partial charge on any atom is -0.308 e. The Bertz CT molecular complexity index is 427. The van der Waals surface area contributed by atoms with Gasteiger partial charge in [0.2, 0.25) is 0 Å². The van der Waals surface area contributed by atoms with Gasteiger partial charge in [0.05, 0.1) is 5.69 Å². The highest BCUT2D eigenvalue weighted by molar-refractivity contribution is 5.14. The summed E-state index contributed by atoms with van der Waals surface area (Å²) in [5.41, 5.74) is 2.54. The van der Waals surface area contributed by atoms with Crippen molar-refractivity contribution >= 4 is 0 Å². The summed E-state index contributed by atoms with van der Waals surface area (Å²) in [6.45, 7) is 13.1. The zero-order chi connectivity index (χ0) is 14.6. The summed E-state index contributed by atoms with van der Waals surface area (Å²) in [5, 5.41) is 3.48. The van der Waals surface area contributed by atoms with Crippen molar-refractivity contribution in [3.63, 3.8) is 0 Å². The highest BCUT2D eigenvalue weighted by Gasteiger charge is 2.28. The molecule has 1 aliphatic carbocycles. The molecule has 0 radical (unpaired) electrons. The average molecular weight is 273 g/mol. The molecule has 0 unspecified atom stereocenters. The summed E-state index contributed by atoms with van der Waals surface area (Å²) in [5.74, 6) is 0. The molecule has 0 bridgehead atoms. The third-order valence-electron chi connectivity index (χ3n) is 3.50. The maximum Gasteiger partial charge on any atom is 0.0544 e. The molecule has 0 saturated heterocycles. The van der Waals surface area contributed by atoms with E-state index in [-0.39, 0.29) is 5.54 Å². The summed E-state index contributed by atoms with van der Waals surface area (Å²) in [6.07, 6.45) is 6.62. The molecule has 0 amide bonds. The number of nitrogens with one attached hydrogen (secondary N) is 1. The highest BCUT2D eigenvalue weighted by atomic mass is 15.2. The Balaban J connectivity index is 1.88. The van der Waals surface area contributed by atoms with Crippen molar-refractivity contribution in [1.29, 1.82) is 0 Å². The van der Waals surface area contributed by atoms with Crippen LogP contribution >= 0.6 is 0 Å². The first kappa shape index (κ1) is 15.2. The molecular weight excluding hydrogens is 246 g/mol. The van der Waals surface area contributed by atoms with Gasteiger partial charge in [-0.2, -0.15) is 0 Å². The molecule has 3 heteroatoms. The molecule has 0 spiro atoms. The fourth-order valence-electron chi connectivity index (χ4n) is 2.18. The predicted molar refractivity (Wildman–Crippen MR) is 84.5 cm³/mol. The summed E-state index contributed by atoms with van der Waals surface area (Å²) in [6, 6.07) is 5.08. The lowest BCUT2D eigenvalue weighted by molar-refractivity contribution is 0.280. The molecule has 2 rings (SSSR count). The van der Waals surface area contributed by atoms with E-state index in [0.29, 0.717) is 0 Å². The van der Waals surface area contributed by atoms with E-state index < -0.39 is 0 Å². The Morgan fingerprint density at radius 2 is 2.15 bits per heavy atom. The van der Waals surface area contributed by atoms with Crippen molar-refractivity contribution in [2.45, 2.75) is 58.3 Å². The molecule has 1 N–H and O–H groups in total. The predicted octanol–water partition coefficient (Wildman–Crippen LogP) is 3.12. The molecule has 1 aromatic rings. The third kappa shape index (κ3) is 5.06. The molecule has 20 heavy (non-hydrogen) atoms. The van der Waals surface area contributed by atoms with E-state index in [1.54, 1.807) is 0 Å². The first-order valence-corrected chi connectivity index (χ1v) is 7.52. The lowest BCUT2D eigenvalue weighted by Crippen LogP contribution is -2.35. The largest absolute Gasteiger partial charge is 0.308 e. The molecule has 1 heterocycles. The molecule has 1 fully saturated rings. The molecule has 110 valence electrons. The number of pyridine rings is 1. The minimum absolute atomic E-state index is 0.144. The van der Waals surface area contributed by atoms with Gasteiger partial charge in [0.15, 0.2) is 0 Å². The van der Waals surface area contributed by atoms with Gasteiger partial charge in [-0.3, -0.25) is 9.88 Å². The van der Waals surface area contributed by atoms with Crippen molar-refractivity contribution < 1.29 is 0 Å². The smallest absolute Gasteiger partial charge is 0.0544 e. The number of aromatic nitrogens is 1. The third-order valence-corrected chi connectivity index (χ3v) is 3.50. The van der Waals surface area contributed by atoms with Crippen LogP contribution in [0.3, 0.4) is 0 Å². The van der Waals surface area contributed by atoms with Crippen LogP contribution in [-0.2, 0) is 13.1 Å². The molecule has 1 aromatic heterocycles. The van der Waals surface area contributed by atoms with Crippen LogP contribution in [0.2, 0.25) is 0 Å². The second-order valence-corrected chi connectivity index (χ2v) is 6.71. The Morgan fingerprint density at radius 1 is 1.40 bits per heavy atom. The van der Waals surface area contributed by atoms with Crippen molar-refractivity contribution in [3.8, 4) is 0 Å². The van der Waals surface area contributed by atoms with Crippen molar-refractivity contribution in [2.24, 2.45) is 0 Å². The van der Waals surface area contributed by atoms with Crippen LogP contribution in [0, 0.1) is 0 Å². The van der Waals surface area contributed by atoms with E-state index in [1.807, 2.05) is 12.3 Å². The van der Waals surface area contributed by atoms with Gasteiger partial charge in [0.25, 0.3) is 0 Å². The Hall–Kier alpha value is -1.19. The monoisotopic (exact) mass is 273 g/mol. The quantitative estimate of drug-likeness (QED) is 0.774. The van der Waals surface area contributed by atoms with E-state index >= 15 is 0 Å². The van der Waals surface area contributed by atoms with Crippen molar-refractivity contribution in [2.75, 3.05) is 6.54 Å². The lowest BCUT2D eigenvalue weighted by Gasteiger charge is -2.21. The minimum atomic E-state index is 0.144. The van der Waals surface area contributed by atoms with Gasteiger partial charge in [-0.05, 0) is 45.2 Å². The van der Waals surface area contributed by atoms with Gasteiger partial charge in [0.1, 0.15) is 0 Å². The summed E-state index contributed by atoms with van der Waals surface area (Å²) in [4.78, 5) is 7.06. The molecule has 1 aliphatic rings. The molecular formula is C17H27N3. The second kappa shape index (κ2) is 6.51. The number of hydrogen-bond acceptors (Lipinski definition) is 3. The van der Waals surface area contributed by atoms with Gasteiger partial charge in [-0.15, -0.1) is 6.58 Å². The zero-order valence-electron chi connectivity index (χ0n) is 13.0. The SMILES string of the molecule is C=CCN(Cc1ccc(CNC(C)(C)C)cn1)C1CC1. The Kier molecular flexibility index (Phi) is 4.95. The Morgan fingerprint density at radius 3 is 2.65 bits per heavy atom. The molecule has 1 saturated carbocycles. The zero-order valence-corrected chi connectivity index (χ0v) is 13.0. The average Bonchev–Trinajstić information content (AvgIpc) is 3.21. The maximum absolute atomic E-state index is 4.60. The van der Waals surface area contributed by atoms with Gasteiger partial charge in [-0.1, -0.05) is 12.1 Å². The van der Waals surface area contributed by atoms with Crippen LogP contribution in [0.5, 0.6) is 0 Å². The van der Waals surface area contributed by atoms with Crippen LogP contribution in [0.1, 0.15) is 44.9 Å². The van der Waals surface area contributed by atoms with E-state index in [0.717, 1.165) is 31.4 Å². The summed E-state index contributed by atoms with van der Waals surface area (Å²) < 4.78 is 0. The second-order valence-electron chi connectivity index (χ2n) is 6.71. The highest BCUT2D eigenvalue weighted by Crippen LogP contribution is 2.27. The van der Waals surface area contributed by atoms with Crippen LogP contribution < -0.4 is 5.32 Å². The standard InChI is InChI=1S/C17H27N3/c1-5-10-20(16-8-9-16)13-15-7-6-14(11-18-15)12-19-17(2,3)4/h5-7,11,16,19H,1,8-10,12-13H2,2-4H3. The maximum atomic E-state index is 4.60. The van der Waals surface area contributed by atoms with Crippen LogP contribution in [0.15, 0.2) is 31.0 Å². The topological polar surface area (TPSA) is 28.2 Å². The van der Waals surface area contributed by atoms with Gasteiger partial charge >= 0.3 is 0 Å². The molecule has 0 atom stereocenters. The first-order valence-electron chi connectivity index (χ1n) is 7.52. The normalized spacial score (nSPS) is 15.6. The number of rotatable bonds is 7. The Labute approximate surface area is 123 Å². The van der Waals surface area contributed by atoms with Crippen molar-refractivity contribution in [3.05, 3.63) is 42.2 Å². The molecule has 0 aliphatic heterocycles. The fourth-order valence-corrected chi connectivity index (χ4v) is 2.18. The fraction of sp³-hybridized carbons (Fsp3) is 0.588. The van der Waals surface area contributed by atoms with Gasteiger partial charge in [0, 0.05) is 37.4 Å². The first-order chi connectivity index (χ1) is 9.48. The van der Waals surface area contributed by atoms with Crippen LogP contribution in [-0.4, -0.2) is 28.0 Å². The van der Waals surface area contributed by atoms with E-state index in [1.165, 1.54) is 18.4 Å².